The predicted molar refractivity (Wildman–Crippen MR) is 35.3 cm³/mol. The van der Waals surface area contributed by atoms with Crippen LogP contribution in [0.25, 0.3) is 0 Å². The molecule has 1 heterocycles. The van der Waals surface area contributed by atoms with Gasteiger partial charge in [-0.1, -0.05) is 11.6 Å². The van der Waals surface area contributed by atoms with Gasteiger partial charge in [0.2, 0.25) is 0 Å². The third-order valence-electron chi connectivity index (χ3n) is 1.06. The average molecular weight is 149 g/mol. The SMILES string of the molecule is NC1(Cl)C=CN=CC1F. The molecule has 1 aliphatic heterocycles. The van der Waals surface area contributed by atoms with E-state index < -0.39 is 11.2 Å². The third kappa shape index (κ3) is 1.28. The largest absolute Gasteiger partial charge is 0.307 e. The molecule has 0 aromatic rings. The maximum atomic E-state index is 12.5. The highest BCUT2D eigenvalue weighted by molar-refractivity contribution is 6.26. The van der Waals surface area contributed by atoms with E-state index in [-0.39, 0.29) is 0 Å². The first-order valence-electron chi connectivity index (χ1n) is 2.46. The van der Waals surface area contributed by atoms with Crippen LogP contribution in [0.2, 0.25) is 0 Å². The van der Waals surface area contributed by atoms with Gasteiger partial charge in [0, 0.05) is 12.4 Å². The zero-order valence-corrected chi connectivity index (χ0v) is 5.35. The van der Waals surface area contributed by atoms with E-state index in [0.29, 0.717) is 0 Å². The van der Waals surface area contributed by atoms with Gasteiger partial charge in [-0.3, -0.25) is 4.99 Å². The molecule has 0 fully saturated rings. The van der Waals surface area contributed by atoms with Crippen LogP contribution >= 0.6 is 11.6 Å². The minimum Gasteiger partial charge on any atom is -0.307 e. The molecule has 0 spiro atoms. The van der Waals surface area contributed by atoms with Crippen molar-refractivity contribution < 1.29 is 4.39 Å². The highest BCUT2D eigenvalue weighted by atomic mass is 35.5. The molecule has 0 radical (unpaired) electrons. The molecule has 1 aliphatic rings. The van der Waals surface area contributed by atoms with Gasteiger partial charge in [-0.05, 0) is 6.08 Å². The number of rotatable bonds is 0. The van der Waals surface area contributed by atoms with Gasteiger partial charge >= 0.3 is 0 Å². The molecule has 0 aromatic carbocycles. The summed E-state index contributed by atoms with van der Waals surface area (Å²) >= 11 is 5.45. The molecule has 0 aliphatic carbocycles. The maximum absolute atomic E-state index is 12.5. The fourth-order valence-electron chi connectivity index (χ4n) is 0.489. The van der Waals surface area contributed by atoms with Crippen molar-refractivity contribution in [1.29, 1.82) is 0 Å². The highest BCUT2D eigenvalue weighted by Gasteiger charge is 2.30. The minimum absolute atomic E-state index is 1.08. The molecule has 0 bridgehead atoms. The standard InChI is InChI=1S/C5H6ClFN2/c6-5(8)1-2-9-3-4(5)7/h1-4H,8H2. The second-order valence-corrected chi connectivity index (χ2v) is 2.50. The number of halogens is 2. The molecule has 0 saturated heterocycles. The van der Waals surface area contributed by atoms with Gasteiger partial charge < -0.3 is 5.73 Å². The van der Waals surface area contributed by atoms with Gasteiger partial charge in [-0.15, -0.1) is 0 Å². The van der Waals surface area contributed by atoms with Gasteiger partial charge in [0.25, 0.3) is 0 Å². The summed E-state index contributed by atoms with van der Waals surface area (Å²) in [5, 5.41) is 0. The lowest BCUT2D eigenvalue weighted by atomic mass is 10.2. The Hall–Kier alpha value is -0.410. The van der Waals surface area contributed by atoms with Gasteiger partial charge in [0.15, 0.2) is 6.17 Å². The first-order chi connectivity index (χ1) is 4.13. The van der Waals surface area contributed by atoms with Crippen LogP contribution in [-0.2, 0) is 0 Å². The lowest BCUT2D eigenvalue weighted by molar-refractivity contribution is 0.371. The van der Waals surface area contributed by atoms with E-state index in [1.165, 1.54) is 12.3 Å². The number of nitrogens with zero attached hydrogens (tertiary/aromatic N) is 1. The lowest BCUT2D eigenvalue weighted by Crippen LogP contribution is -2.43. The van der Waals surface area contributed by atoms with E-state index in [2.05, 4.69) is 4.99 Å². The van der Waals surface area contributed by atoms with Crippen molar-refractivity contribution in [1.82, 2.24) is 0 Å². The average Bonchev–Trinajstić information content (AvgIpc) is 1.77. The number of aliphatic imine (C=N–C) groups is 1. The topological polar surface area (TPSA) is 38.4 Å². The summed E-state index contributed by atoms with van der Waals surface area (Å²) in [5.41, 5.74) is 5.23. The molecule has 2 unspecified atom stereocenters. The van der Waals surface area contributed by atoms with E-state index in [0.717, 1.165) is 6.21 Å². The molecule has 50 valence electrons. The van der Waals surface area contributed by atoms with E-state index >= 15 is 0 Å². The van der Waals surface area contributed by atoms with E-state index in [9.17, 15) is 4.39 Å². The minimum atomic E-state index is -1.39. The Bertz CT molecular complexity index is 164. The summed E-state index contributed by atoms with van der Waals surface area (Å²) in [6.45, 7) is 0. The van der Waals surface area contributed by atoms with Gasteiger partial charge in [-0.25, -0.2) is 4.39 Å². The van der Waals surface area contributed by atoms with Crippen molar-refractivity contribution in [2.45, 2.75) is 11.2 Å². The number of nitrogens with two attached hydrogens (primary N) is 1. The molecule has 0 aromatic heterocycles. The van der Waals surface area contributed by atoms with Crippen molar-refractivity contribution >= 4 is 17.8 Å². The van der Waals surface area contributed by atoms with Crippen LogP contribution in [-0.4, -0.2) is 17.4 Å². The monoisotopic (exact) mass is 148 g/mol. The second-order valence-electron chi connectivity index (χ2n) is 1.84. The first-order valence-corrected chi connectivity index (χ1v) is 2.83. The molecule has 2 atom stereocenters. The Morgan fingerprint density at radius 2 is 2.44 bits per heavy atom. The van der Waals surface area contributed by atoms with Crippen LogP contribution in [0.1, 0.15) is 0 Å². The maximum Gasteiger partial charge on any atom is 0.171 e. The molecule has 2 N–H and O–H groups in total. The Balaban J connectivity index is 2.78. The molecular weight excluding hydrogens is 143 g/mol. The zero-order chi connectivity index (χ0) is 6.91. The summed E-state index contributed by atoms with van der Waals surface area (Å²) in [7, 11) is 0. The van der Waals surface area contributed by atoms with Crippen LogP contribution in [0.3, 0.4) is 0 Å². The van der Waals surface area contributed by atoms with Crippen molar-refractivity contribution in [3.63, 3.8) is 0 Å². The summed E-state index contributed by atoms with van der Waals surface area (Å²) in [4.78, 5) is 2.12. The number of hydrogen-bond donors (Lipinski definition) is 1. The van der Waals surface area contributed by atoms with Crippen molar-refractivity contribution in [3.8, 4) is 0 Å². The Kier molecular flexibility index (Phi) is 1.55. The van der Waals surface area contributed by atoms with Crippen LogP contribution < -0.4 is 5.73 Å². The Morgan fingerprint density at radius 1 is 1.78 bits per heavy atom. The molecule has 9 heavy (non-hydrogen) atoms. The van der Waals surface area contributed by atoms with Crippen LogP contribution in [0.15, 0.2) is 17.3 Å². The summed E-state index contributed by atoms with van der Waals surface area (Å²) in [5.74, 6) is 0. The van der Waals surface area contributed by atoms with Crippen molar-refractivity contribution in [2.75, 3.05) is 0 Å². The predicted octanol–water partition coefficient (Wildman–Crippen LogP) is 0.816. The zero-order valence-electron chi connectivity index (χ0n) is 4.59. The first kappa shape index (κ1) is 6.71. The molecular formula is C5H6ClFN2. The second kappa shape index (κ2) is 2.08. The highest BCUT2D eigenvalue weighted by Crippen LogP contribution is 2.19. The van der Waals surface area contributed by atoms with E-state index in [4.69, 9.17) is 17.3 Å². The smallest absolute Gasteiger partial charge is 0.171 e. The molecule has 2 nitrogen and oxygen atoms in total. The number of alkyl halides is 2. The van der Waals surface area contributed by atoms with Gasteiger partial charge in [0.05, 0.1) is 0 Å². The summed E-state index contributed by atoms with van der Waals surface area (Å²) in [6.07, 6.45) is 2.39. The van der Waals surface area contributed by atoms with Crippen molar-refractivity contribution in [3.05, 3.63) is 12.3 Å². The molecule has 0 amide bonds. The fourth-order valence-corrected chi connectivity index (χ4v) is 0.601. The van der Waals surface area contributed by atoms with E-state index in [1.54, 1.807) is 0 Å². The van der Waals surface area contributed by atoms with Crippen LogP contribution in [0, 0.1) is 0 Å². The van der Waals surface area contributed by atoms with Gasteiger partial charge in [-0.2, -0.15) is 0 Å². The summed E-state index contributed by atoms with van der Waals surface area (Å²) < 4.78 is 12.5. The summed E-state index contributed by atoms with van der Waals surface area (Å²) in [6, 6.07) is 0. The fraction of sp³-hybridized carbons (Fsp3) is 0.400. The van der Waals surface area contributed by atoms with Crippen LogP contribution in [0.5, 0.6) is 0 Å². The Morgan fingerprint density at radius 3 is 2.78 bits per heavy atom. The normalized spacial score (nSPS) is 41.4. The molecule has 1 rings (SSSR count). The van der Waals surface area contributed by atoms with E-state index in [1.807, 2.05) is 0 Å². The van der Waals surface area contributed by atoms with Gasteiger partial charge in [0.1, 0.15) is 5.00 Å². The van der Waals surface area contributed by atoms with Crippen molar-refractivity contribution in [2.24, 2.45) is 10.7 Å². The Labute approximate surface area is 57.2 Å². The molecule has 4 heteroatoms. The number of hydrogen-bond acceptors (Lipinski definition) is 2. The third-order valence-corrected chi connectivity index (χ3v) is 1.39. The van der Waals surface area contributed by atoms with Crippen LogP contribution in [0.4, 0.5) is 4.39 Å². The quantitative estimate of drug-likeness (QED) is 0.401. The lowest BCUT2D eigenvalue weighted by Gasteiger charge is -2.20. The molecule has 0 saturated carbocycles.